The number of aryl methyl sites for hydroxylation is 1. The van der Waals surface area contributed by atoms with E-state index < -0.39 is 0 Å². The van der Waals surface area contributed by atoms with Gasteiger partial charge in [0.15, 0.2) is 10.3 Å². The molecule has 0 fully saturated rings. The first-order chi connectivity index (χ1) is 7.24. The predicted molar refractivity (Wildman–Crippen MR) is 65.6 cm³/mol. The van der Waals surface area contributed by atoms with Gasteiger partial charge in [-0.25, -0.2) is 19.9 Å². The first-order valence-corrected chi connectivity index (χ1v) is 6.07. The Morgan fingerprint density at radius 2 is 1.40 bits per heavy atom. The minimum atomic E-state index is 0.666. The maximum Gasteiger partial charge on any atom is 0.195 e. The van der Waals surface area contributed by atoms with Crippen LogP contribution in [0.3, 0.4) is 0 Å². The highest BCUT2D eigenvalue weighted by atomic mass is 127. The molecular formula is C9H7IN4S. The fraction of sp³-hybridized carbons (Fsp3) is 0.111. The lowest BCUT2D eigenvalue weighted by Gasteiger charge is -1.98. The van der Waals surface area contributed by atoms with Crippen LogP contribution in [0, 0.1) is 10.5 Å². The predicted octanol–water partition coefficient (Wildman–Crippen LogP) is 2.33. The Labute approximate surface area is 105 Å². The summed E-state index contributed by atoms with van der Waals surface area (Å²) in [4.78, 5) is 16.7. The first kappa shape index (κ1) is 10.7. The normalized spacial score (nSPS) is 10.3. The number of aromatic nitrogens is 4. The van der Waals surface area contributed by atoms with Crippen molar-refractivity contribution in [2.24, 2.45) is 0 Å². The summed E-state index contributed by atoms with van der Waals surface area (Å²) < 4.78 is 1.02. The number of nitrogens with zero attached hydrogens (tertiary/aromatic N) is 4. The molecule has 2 heterocycles. The first-order valence-electron chi connectivity index (χ1n) is 4.18. The van der Waals surface area contributed by atoms with E-state index in [4.69, 9.17) is 0 Å². The molecule has 2 rings (SSSR count). The Morgan fingerprint density at radius 1 is 0.933 bits per heavy atom. The van der Waals surface area contributed by atoms with Crippen LogP contribution in [-0.4, -0.2) is 19.9 Å². The second-order valence-corrected chi connectivity index (χ2v) is 5.01. The fourth-order valence-corrected chi connectivity index (χ4v) is 1.73. The quantitative estimate of drug-likeness (QED) is 0.625. The molecule has 0 N–H and O–H groups in total. The van der Waals surface area contributed by atoms with Crippen LogP contribution in [0.15, 0.2) is 35.1 Å². The van der Waals surface area contributed by atoms with Gasteiger partial charge in [-0.1, -0.05) is 0 Å². The monoisotopic (exact) mass is 330 g/mol. The SMILES string of the molecule is Cc1cnc(Sc2ncc(I)cn2)nc1. The standard InChI is InChI=1S/C9H7IN4S/c1-6-2-11-8(12-3-6)15-9-13-4-7(10)5-14-9/h2-5H,1H3. The molecule has 15 heavy (non-hydrogen) atoms. The molecule has 0 saturated carbocycles. The summed E-state index contributed by atoms with van der Waals surface area (Å²) >= 11 is 3.52. The molecule has 0 aliphatic rings. The van der Waals surface area contributed by atoms with Crippen molar-refractivity contribution in [2.45, 2.75) is 17.2 Å². The van der Waals surface area contributed by atoms with Crippen LogP contribution in [0.25, 0.3) is 0 Å². The smallest absolute Gasteiger partial charge is 0.195 e. The second kappa shape index (κ2) is 4.84. The summed E-state index contributed by atoms with van der Waals surface area (Å²) in [7, 11) is 0. The van der Waals surface area contributed by atoms with E-state index in [1.807, 2.05) is 6.92 Å². The molecule has 6 heteroatoms. The second-order valence-electron chi connectivity index (χ2n) is 2.83. The highest BCUT2D eigenvalue weighted by Gasteiger charge is 2.02. The number of hydrogen-bond acceptors (Lipinski definition) is 5. The summed E-state index contributed by atoms with van der Waals surface area (Å²) in [6.45, 7) is 1.95. The van der Waals surface area contributed by atoms with Gasteiger partial charge in [0.1, 0.15) is 0 Å². The Balaban J connectivity index is 2.15. The van der Waals surface area contributed by atoms with E-state index >= 15 is 0 Å². The van der Waals surface area contributed by atoms with Gasteiger partial charge in [0.2, 0.25) is 0 Å². The molecule has 0 spiro atoms. The zero-order valence-electron chi connectivity index (χ0n) is 7.88. The minimum Gasteiger partial charge on any atom is -0.230 e. The number of halogens is 1. The molecule has 76 valence electrons. The van der Waals surface area contributed by atoms with Crippen molar-refractivity contribution >= 4 is 34.4 Å². The molecule has 0 amide bonds. The molecule has 0 aliphatic heterocycles. The molecule has 0 saturated heterocycles. The van der Waals surface area contributed by atoms with Crippen molar-refractivity contribution in [3.63, 3.8) is 0 Å². The lowest BCUT2D eigenvalue weighted by Crippen LogP contribution is -1.90. The third kappa shape index (κ3) is 3.10. The maximum atomic E-state index is 4.17. The molecule has 0 aromatic carbocycles. The fourth-order valence-electron chi connectivity index (χ4n) is 0.868. The minimum absolute atomic E-state index is 0.666. The van der Waals surface area contributed by atoms with E-state index in [9.17, 15) is 0 Å². The van der Waals surface area contributed by atoms with Crippen molar-refractivity contribution in [2.75, 3.05) is 0 Å². The van der Waals surface area contributed by atoms with Gasteiger partial charge in [-0.2, -0.15) is 0 Å². The van der Waals surface area contributed by atoms with E-state index in [1.54, 1.807) is 24.8 Å². The third-order valence-electron chi connectivity index (χ3n) is 1.54. The molecule has 2 aromatic rings. The van der Waals surface area contributed by atoms with E-state index in [0.29, 0.717) is 10.3 Å². The maximum absolute atomic E-state index is 4.17. The van der Waals surface area contributed by atoms with E-state index in [2.05, 4.69) is 42.5 Å². The number of rotatable bonds is 2. The summed E-state index contributed by atoms with van der Waals surface area (Å²) in [6.07, 6.45) is 7.10. The molecule has 0 radical (unpaired) electrons. The van der Waals surface area contributed by atoms with Gasteiger partial charge < -0.3 is 0 Å². The van der Waals surface area contributed by atoms with Crippen LogP contribution in [0.4, 0.5) is 0 Å². The van der Waals surface area contributed by atoms with Crippen molar-refractivity contribution in [1.82, 2.24) is 19.9 Å². The summed E-state index contributed by atoms with van der Waals surface area (Å²) in [6, 6.07) is 0. The molecule has 0 bridgehead atoms. The molecular weight excluding hydrogens is 323 g/mol. The largest absolute Gasteiger partial charge is 0.230 e. The Morgan fingerprint density at radius 3 is 1.93 bits per heavy atom. The molecule has 2 aromatic heterocycles. The highest BCUT2D eigenvalue weighted by molar-refractivity contribution is 14.1. The van der Waals surface area contributed by atoms with Gasteiger partial charge in [-0.3, -0.25) is 0 Å². The summed E-state index contributed by atoms with van der Waals surface area (Å²) in [5.41, 5.74) is 1.04. The zero-order valence-corrected chi connectivity index (χ0v) is 10.9. The zero-order chi connectivity index (χ0) is 10.7. The van der Waals surface area contributed by atoms with Crippen LogP contribution in [0.2, 0.25) is 0 Å². The van der Waals surface area contributed by atoms with E-state index in [0.717, 1.165) is 9.13 Å². The van der Waals surface area contributed by atoms with Crippen LogP contribution in [0.1, 0.15) is 5.56 Å². The Bertz CT molecular complexity index is 399. The van der Waals surface area contributed by atoms with Crippen LogP contribution in [0.5, 0.6) is 0 Å². The molecule has 4 nitrogen and oxygen atoms in total. The lowest BCUT2D eigenvalue weighted by molar-refractivity contribution is 0.915. The van der Waals surface area contributed by atoms with E-state index in [1.165, 1.54) is 11.8 Å². The van der Waals surface area contributed by atoms with Gasteiger partial charge in [-0.15, -0.1) is 0 Å². The molecule has 0 aliphatic carbocycles. The molecule has 0 unspecified atom stereocenters. The summed E-state index contributed by atoms with van der Waals surface area (Å²) in [5, 5.41) is 1.33. The van der Waals surface area contributed by atoms with Gasteiger partial charge in [0, 0.05) is 28.4 Å². The van der Waals surface area contributed by atoms with E-state index in [-0.39, 0.29) is 0 Å². The van der Waals surface area contributed by atoms with Gasteiger partial charge in [0.05, 0.1) is 0 Å². The topological polar surface area (TPSA) is 51.6 Å². The highest BCUT2D eigenvalue weighted by Crippen LogP contribution is 2.19. The van der Waals surface area contributed by atoms with Crippen molar-refractivity contribution in [3.8, 4) is 0 Å². The van der Waals surface area contributed by atoms with Crippen LogP contribution < -0.4 is 0 Å². The van der Waals surface area contributed by atoms with Gasteiger partial charge in [-0.05, 0) is 46.8 Å². The van der Waals surface area contributed by atoms with Gasteiger partial charge in [0.25, 0.3) is 0 Å². The Hall–Kier alpha value is -0.760. The van der Waals surface area contributed by atoms with Crippen LogP contribution in [-0.2, 0) is 0 Å². The lowest BCUT2D eigenvalue weighted by atomic mass is 10.4. The Kier molecular flexibility index (Phi) is 3.47. The third-order valence-corrected chi connectivity index (χ3v) is 2.88. The van der Waals surface area contributed by atoms with Crippen LogP contribution >= 0.6 is 34.4 Å². The number of hydrogen-bond donors (Lipinski definition) is 0. The van der Waals surface area contributed by atoms with Crippen molar-refractivity contribution in [1.29, 1.82) is 0 Å². The van der Waals surface area contributed by atoms with Gasteiger partial charge >= 0.3 is 0 Å². The van der Waals surface area contributed by atoms with Crippen molar-refractivity contribution < 1.29 is 0 Å². The average Bonchev–Trinajstić information content (AvgIpc) is 2.25. The summed E-state index contributed by atoms with van der Waals surface area (Å²) in [5.74, 6) is 0. The molecule has 0 atom stereocenters. The average molecular weight is 330 g/mol. The van der Waals surface area contributed by atoms with Crippen molar-refractivity contribution in [3.05, 3.63) is 33.9 Å².